The smallest absolute Gasteiger partial charge is 0.253 e. The predicted octanol–water partition coefficient (Wildman–Crippen LogP) is 3.73. The number of anilines is 2. The predicted molar refractivity (Wildman–Crippen MR) is 108 cm³/mol. The summed E-state index contributed by atoms with van der Waals surface area (Å²) in [5.41, 5.74) is 4.71. The van der Waals surface area contributed by atoms with Gasteiger partial charge in [0.2, 0.25) is 11.9 Å². The van der Waals surface area contributed by atoms with Crippen molar-refractivity contribution in [2.45, 2.75) is 45.2 Å². The van der Waals surface area contributed by atoms with Crippen LogP contribution < -0.4 is 10.2 Å². The fourth-order valence-corrected chi connectivity index (χ4v) is 4.17. The quantitative estimate of drug-likeness (QED) is 0.757. The van der Waals surface area contributed by atoms with E-state index in [4.69, 9.17) is 0 Å². The number of rotatable bonds is 4. The summed E-state index contributed by atoms with van der Waals surface area (Å²) in [6, 6.07) is 13.4. The largest absolute Gasteiger partial charge is 0.326 e. The van der Waals surface area contributed by atoms with Crippen LogP contribution in [-0.4, -0.2) is 27.4 Å². The molecule has 1 aliphatic carbocycles. The van der Waals surface area contributed by atoms with Crippen molar-refractivity contribution in [2.24, 2.45) is 0 Å². The second-order valence-electron chi connectivity index (χ2n) is 7.85. The van der Waals surface area contributed by atoms with E-state index < -0.39 is 6.04 Å². The molecule has 1 fully saturated rings. The van der Waals surface area contributed by atoms with Crippen molar-refractivity contribution in [3.63, 3.8) is 0 Å². The van der Waals surface area contributed by atoms with E-state index in [1.54, 1.807) is 4.90 Å². The fraction of sp³-hybridized carbons (Fsp3) is 0.318. The molecule has 6 heteroatoms. The average molecular weight is 374 g/mol. The van der Waals surface area contributed by atoms with E-state index >= 15 is 0 Å². The highest BCUT2D eigenvalue weighted by Crippen LogP contribution is 2.42. The second-order valence-corrected chi connectivity index (χ2v) is 7.85. The number of benzene rings is 2. The van der Waals surface area contributed by atoms with Gasteiger partial charge in [-0.15, -0.1) is 0 Å². The summed E-state index contributed by atoms with van der Waals surface area (Å²) in [5, 5.41) is 2.96. The Morgan fingerprint density at radius 1 is 1.14 bits per heavy atom. The van der Waals surface area contributed by atoms with Crippen molar-refractivity contribution >= 4 is 34.5 Å². The number of carbonyl (C=O) groups is 2. The molecule has 0 spiro atoms. The Morgan fingerprint density at radius 3 is 2.57 bits per heavy atom. The van der Waals surface area contributed by atoms with Crippen LogP contribution in [0.4, 0.5) is 11.6 Å². The van der Waals surface area contributed by atoms with E-state index in [2.05, 4.69) is 16.4 Å². The maximum atomic E-state index is 13.1. The van der Waals surface area contributed by atoms with Gasteiger partial charge in [0.15, 0.2) is 0 Å². The highest BCUT2D eigenvalue weighted by Gasteiger charge is 2.47. The molecule has 6 nitrogen and oxygen atoms in total. The summed E-state index contributed by atoms with van der Waals surface area (Å²) in [6.45, 7) is 4.00. The summed E-state index contributed by atoms with van der Waals surface area (Å²) in [4.78, 5) is 32.4. The minimum atomic E-state index is -0.547. The Hall–Kier alpha value is -3.15. The minimum absolute atomic E-state index is 0.0219. The lowest BCUT2D eigenvalue weighted by Gasteiger charge is -2.15. The Morgan fingerprint density at radius 2 is 1.86 bits per heavy atom. The molecule has 0 radical (unpaired) electrons. The number of amides is 2. The Bertz CT molecular complexity index is 1090. The van der Waals surface area contributed by atoms with Gasteiger partial charge in [-0.1, -0.05) is 18.2 Å². The molecular weight excluding hydrogens is 352 g/mol. The number of hydrogen-bond donors (Lipinski definition) is 1. The van der Waals surface area contributed by atoms with Crippen molar-refractivity contribution in [3.05, 3.63) is 53.6 Å². The molecule has 1 saturated carbocycles. The number of nitrogens with zero attached hydrogens (tertiary/aromatic N) is 3. The number of aromatic nitrogens is 2. The molecular formula is C22H22N4O2. The van der Waals surface area contributed by atoms with Crippen molar-refractivity contribution < 1.29 is 9.59 Å². The van der Waals surface area contributed by atoms with Gasteiger partial charge in [0, 0.05) is 11.7 Å². The Balaban J connectivity index is 1.46. The number of para-hydroxylation sites is 2. The minimum Gasteiger partial charge on any atom is -0.326 e. The molecule has 0 unspecified atom stereocenters. The first-order valence-electron chi connectivity index (χ1n) is 9.69. The zero-order valence-electron chi connectivity index (χ0n) is 16.0. The van der Waals surface area contributed by atoms with Crippen molar-refractivity contribution in [3.8, 4) is 0 Å². The summed E-state index contributed by atoms with van der Waals surface area (Å²) in [6.07, 6.45) is 2.09. The van der Waals surface area contributed by atoms with Gasteiger partial charge in [0.25, 0.3) is 5.91 Å². The lowest BCUT2D eigenvalue weighted by molar-refractivity contribution is -0.124. The van der Waals surface area contributed by atoms with Crippen LogP contribution >= 0.6 is 0 Å². The topological polar surface area (TPSA) is 67.2 Å². The van der Waals surface area contributed by atoms with Crippen molar-refractivity contribution in [1.82, 2.24) is 9.55 Å². The summed E-state index contributed by atoms with van der Waals surface area (Å²) in [7, 11) is 0. The highest BCUT2D eigenvalue weighted by molar-refractivity contribution is 6.05. The molecule has 5 rings (SSSR count). The molecule has 1 aromatic heterocycles. The fourth-order valence-electron chi connectivity index (χ4n) is 4.17. The molecule has 2 amide bonds. The van der Waals surface area contributed by atoms with Gasteiger partial charge in [-0.25, -0.2) is 4.98 Å². The molecule has 1 N–H and O–H groups in total. The molecule has 3 aromatic rings. The highest BCUT2D eigenvalue weighted by atomic mass is 16.2. The standard InChI is InChI=1S/C22H22N4O2/c1-13-9-14(2)11-15(10-13)23-20(27)12-19-21(28)25(16-7-8-16)22-24-17-5-3-4-6-18(17)26(19)22/h3-6,9-11,16,19H,7-8,12H2,1-2H3,(H,23,27)/t19-/m1/s1. The summed E-state index contributed by atoms with van der Waals surface area (Å²) < 4.78 is 1.94. The van der Waals surface area contributed by atoms with E-state index in [9.17, 15) is 9.59 Å². The number of carbonyl (C=O) groups excluding carboxylic acids is 2. The van der Waals surface area contributed by atoms with E-state index in [1.807, 2.05) is 54.8 Å². The summed E-state index contributed by atoms with van der Waals surface area (Å²) in [5.74, 6) is 0.494. The zero-order chi connectivity index (χ0) is 19.4. The van der Waals surface area contributed by atoms with Gasteiger partial charge in [-0.2, -0.15) is 0 Å². The Labute approximate surface area is 163 Å². The maximum absolute atomic E-state index is 13.1. The molecule has 2 aliphatic rings. The molecule has 28 heavy (non-hydrogen) atoms. The summed E-state index contributed by atoms with van der Waals surface area (Å²) >= 11 is 0. The monoisotopic (exact) mass is 374 g/mol. The van der Waals surface area contributed by atoms with E-state index in [0.29, 0.717) is 5.95 Å². The van der Waals surface area contributed by atoms with Crippen LogP contribution in [0, 0.1) is 13.8 Å². The third-order valence-corrected chi connectivity index (χ3v) is 5.42. The number of hydrogen-bond acceptors (Lipinski definition) is 3. The first-order valence-corrected chi connectivity index (χ1v) is 9.69. The number of aryl methyl sites for hydroxylation is 2. The lowest BCUT2D eigenvalue weighted by Crippen LogP contribution is -2.33. The van der Waals surface area contributed by atoms with Crippen molar-refractivity contribution in [2.75, 3.05) is 10.2 Å². The Kier molecular flexibility index (Phi) is 3.75. The third-order valence-electron chi connectivity index (χ3n) is 5.42. The van der Waals surface area contributed by atoms with Crippen LogP contribution in [0.5, 0.6) is 0 Å². The molecule has 2 aromatic carbocycles. The molecule has 0 saturated heterocycles. The van der Waals surface area contributed by atoms with Gasteiger partial charge in [0.05, 0.1) is 17.5 Å². The van der Waals surface area contributed by atoms with E-state index in [1.165, 1.54) is 0 Å². The number of imidazole rings is 1. The first kappa shape index (κ1) is 17.0. The lowest BCUT2D eigenvalue weighted by atomic mass is 10.1. The van der Waals surface area contributed by atoms with Gasteiger partial charge >= 0.3 is 0 Å². The van der Waals surface area contributed by atoms with Gasteiger partial charge in [0.1, 0.15) is 6.04 Å². The second kappa shape index (κ2) is 6.19. The molecule has 1 aliphatic heterocycles. The van der Waals surface area contributed by atoms with Crippen LogP contribution in [0.2, 0.25) is 0 Å². The van der Waals surface area contributed by atoms with Crippen LogP contribution in [-0.2, 0) is 9.59 Å². The van der Waals surface area contributed by atoms with Crippen LogP contribution in [0.25, 0.3) is 11.0 Å². The first-order chi connectivity index (χ1) is 13.5. The van der Waals surface area contributed by atoms with E-state index in [0.717, 1.165) is 40.7 Å². The van der Waals surface area contributed by atoms with E-state index in [-0.39, 0.29) is 24.3 Å². The molecule has 142 valence electrons. The van der Waals surface area contributed by atoms with Crippen LogP contribution in [0.15, 0.2) is 42.5 Å². The van der Waals surface area contributed by atoms with Gasteiger partial charge in [-0.3, -0.25) is 19.1 Å². The average Bonchev–Trinajstić information content (AvgIpc) is 3.33. The molecule has 1 atom stereocenters. The number of fused-ring (bicyclic) bond motifs is 3. The number of nitrogens with one attached hydrogen (secondary N) is 1. The van der Waals surface area contributed by atoms with Gasteiger partial charge in [-0.05, 0) is 62.1 Å². The molecule has 0 bridgehead atoms. The molecule has 2 heterocycles. The van der Waals surface area contributed by atoms with Crippen LogP contribution in [0.3, 0.4) is 0 Å². The normalized spacial score (nSPS) is 18.6. The van der Waals surface area contributed by atoms with Crippen molar-refractivity contribution in [1.29, 1.82) is 0 Å². The third kappa shape index (κ3) is 2.76. The van der Waals surface area contributed by atoms with Crippen LogP contribution in [0.1, 0.15) is 36.4 Å². The zero-order valence-corrected chi connectivity index (χ0v) is 16.0. The van der Waals surface area contributed by atoms with Gasteiger partial charge < -0.3 is 5.32 Å². The maximum Gasteiger partial charge on any atom is 0.253 e. The SMILES string of the molecule is Cc1cc(C)cc(NC(=O)C[C@@H]2C(=O)N(C3CC3)c3nc4ccccc4n32)c1.